The summed E-state index contributed by atoms with van der Waals surface area (Å²) in [5.74, 6) is 0.540. The summed E-state index contributed by atoms with van der Waals surface area (Å²) in [6.07, 6.45) is 7.83. The zero-order chi connectivity index (χ0) is 39.9. The zero-order valence-electron chi connectivity index (χ0n) is 33.8. The van der Waals surface area contributed by atoms with Crippen molar-refractivity contribution in [3.05, 3.63) is 223 Å². The van der Waals surface area contributed by atoms with Gasteiger partial charge in [0.1, 0.15) is 0 Å². The summed E-state index contributed by atoms with van der Waals surface area (Å²) in [5, 5.41) is 2.60. The molecule has 2 nitrogen and oxygen atoms in total. The van der Waals surface area contributed by atoms with E-state index in [9.17, 15) is 0 Å². The van der Waals surface area contributed by atoms with Gasteiger partial charge in [-0.15, -0.1) is 0 Å². The Morgan fingerprint density at radius 3 is 1.44 bits per heavy atom. The first kappa shape index (κ1) is 36.2. The first-order valence-corrected chi connectivity index (χ1v) is 20.7. The van der Waals surface area contributed by atoms with Crippen LogP contribution in [0.1, 0.15) is 30.0 Å². The minimum Gasteiger partial charge on any atom is -0.311 e. The molecule has 0 radical (unpaired) electrons. The van der Waals surface area contributed by atoms with Gasteiger partial charge >= 0.3 is 0 Å². The summed E-state index contributed by atoms with van der Waals surface area (Å²) in [6.45, 7) is 6.63. The van der Waals surface area contributed by atoms with E-state index in [0.717, 1.165) is 29.2 Å². The topological polar surface area (TPSA) is 8.17 Å². The maximum Gasteiger partial charge on any atom is 0.0541 e. The molecule has 2 heteroatoms. The second-order valence-electron chi connectivity index (χ2n) is 16.1. The fourth-order valence-corrected chi connectivity index (χ4v) is 8.86. The fraction of sp³-hybridized carbons (Fsp3) is 0.0877. The smallest absolute Gasteiger partial charge is 0.0541 e. The molecule has 9 aromatic rings. The van der Waals surface area contributed by atoms with Crippen LogP contribution in [0.5, 0.6) is 0 Å². The van der Waals surface area contributed by atoms with Crippen LogP contribution in [0.3, 0.4) is 0 Å². The van der Waals surface area contributed by atoms with Crippen LogP contribution in [0.25, 0.3) is 66.4 Å². The molecule has 10 rings (SSSR count). The lowest BCUT2D eigenvalue weighted by atomic mass is 9.87. The van der Waals surface area contributed by atoms with Gasteiger partial charge in [0.05, 0.1) is 11.0 Å². The maximum absolute atomic E-state index is 2.40. The Bertz CT molecular complexity index is 2940. The van der Waals surface area contributed by atoms with Gasteiger partial charge in [0.2, 0.25) is 0 Å². The molecule has 0 saturated carbocycles. The third kappa shape index (κ3) is 6.98. The van der Waals surface area contributed by atoms with Crippen LogP contribution in [-0.2, 0) is 0 Å². The monoisotopic (exact) mass is 758 g/mol. The van der Waals surface area contributed by atoms with Gasteiger partial charge in [-0.05, 0) is 143 Å². The van der Waals surface area contributed by atoms with Crippen molar-refractivity contribution in [3.8, 4) is 39.1 Å². The highest BCUT2D eigenvalue weighted by atomic mass is 15.1. The molecule has 1 heterocycles. The van der Waals surface area contributed by atoms with Gasteiger partial charge in [0.25, 0.3) is 0 Å². The van der Waals surface area contributed by atoms with E-state index >= 15 is 0 Å². The summed E-state index contributed by atoms with van der Waals surface area (Å²) >= 11 is 0. The molecule has 0 bridgehead atoms. The summed E-state index contributed by atoms with van der Waals surface area (Å²) in [5.41, 5.74) is 19.5. The standard InChI is InChI=1S/C57H46N2/c1-39-10-9-13-47(36-39)53-15-8-7-14-52(53)46-24-32-50(33-25-46)58(48-26-18-43(19-27-48)42-11-5-4-6-12-42)49-28-20-44(21-29-49)45-22-30-51(31-23-45)59-56-34-16-40(2)37-54(56)55-38-41(3)17-35-57(55)59/h4-35,37-39H,36H2,1-3H3. The van der Waals surface area contributed by atoms with Gasteiger partial charge in [-0.3, -0.25) is 0 Å². The minimum absolute atomic E-state index is 0.540. The van der Waals surface area contributed by atoms with E-state index < -0.39 is 0 Å². The van der Waals surface area contributed by atoms with Crippen molar-refractivity contribution in [2.75, 3.05) is 4.90 Å². The van der Waals surface area contributed by atoms with Crippen LogP contribution in [0, 0.1) is 19.8 Å². The fourth-order valence-electron chi connectivity index (χ4n) is 8.86. The molecular weight excluding hydrogens is 713 g/mol. The number of hydrogen-bond acceptors (Lipinski definition) is 1. The van der Waals surface area contributed by atoms with E-state index in [-0.39, 0.29) is 0 Å². The van der Waals surface area contributed by atoms with E-state index in [0.29, 0.717) is 5.92 Å². The van der Waals surface area contributed by atoms with Crippen molar-refractivity contribution in [1.29, 1.82) is 0 Å². The summed E-state index contributed by atoms with van der Waals surface area (Å²) in [6, 6.07) is 69.0. The van der Waals surface area contributed by atoms with Crippen LogP contribution in [0.4, 0.5) is 17.1 Å². The number of hydrogen-bond donors (Lipinski definition) is 0. The predicted molar refractivity (Wildman–Crippen MR) is 252 cm³/mol. The van der Waals surface area contributed by atoms with E-state index in [4.69, 9.17) is 0 Å². The molecule has 1 atom stereocenters. The number of benzene rings is 8. The van der Waals surface area contributed by atoms with Crippen molar-refractivity contribution in [3.63, 3.8) is 0 Å². The Labute approximate surface area is 347 Å². The van der Waals surface area contributed by atoms with E-state index in [1.165, 1.54) is 77.5 Å². The molecule has 0 amide bonds. The van der Waals surface area contributed by atoms with Gasteiger partial charge < -0.3 is 9.47 Å². The zero-order valence-corrected chi connectivity index (χ0v) is 33.8. The lowest BCUT2D eigenvalue weighted by Crippen LogP contribution is -2.09. The maximum atomic E-state index is 2.40. The largest absolute Gasteiger partial charge is 0.311 e. The molecular formula is C57H46N2. The van der Waals surface area contributed by atoms with Gasteiger partial charge in [-0.25, -0.2) is 0 Å². The molecule has 284 valence electrons. The molecule has 0 saturated heterocycles. The first-order chi connectivity index (χ1) is 29.0. The average Bonchev–Trinajstić information content (AvgIpc) is 3.60. The molecule has 1 aliphatic rings. The van der Waals surface area contributed by atoms with Crippen molar-refractivity contribution in [1.82, 2.24) is 4.57 Å². The van der Waals surface area contributed by atoms with Crippen molar-refractivity contribution < 1.29 is 0 Å². The van der Waals surface area contributed by atoms with Crippen molar-refractivity contribution in [2.24, 2.45) is 5.92 Å². The number of aromatic nitrogens is 1. The molecule has 59 heavy (non-hydrogen) atoms. The second kappa shape index (κ2) is 15.3. The Morgan fingerprint density at radius 1 is 0.458 bits per heavy atom. The van der Waals surface area contributed by atoms with Crippen LogP contribution >= 0.6 is 0 Å². The van der Waals surface area contributed by atoms with Gasteiger partial charge in [0.15, 0.2) is 0 Å². The van der Waals surface area contributed by atoms with Crippen LogP contribution < -0.4 is 4.90 Å². The predicted octanol–water partition coefficient (Wildman–Crippen LogP) is 15.9. The third-order valence-corrected chi connectivity index (χ3v) is 11.9. The van der Waals surface area contributed by atoms with E-state index in [2.05, 4.69) is 237 Å². The molecule has 0 spiro atoms. The van der Waals surface area contributed by atoms with E-state index in [1.54, 1.807) is 0 Å². The Hall–Kier alpha value is -7.16. The number of anilines is 3. The van der Waals surface area contributed by atoms with Crippen LogP contribution in [-0.4, -0.2) is 4.57 Å². The summed E-state index contributed by atoms with van der Waals surface area (Å²) < 4.78 is 2.40. The van der Waals surface area contributed by atoms with Gasteiger partial charge in [-0.1, -0.05) is 152 Å². The number of nitrogens with zero attached hydrogens (tertiary/aromatic N) is 2. The highest BCUT2D eigenvalue weighted by Crippen LogP contribution is 2.40. The van der Waals surface area contributed by atoms with E-state index in [1.807, 2.05) is 0 Å². The lowest BCUT2D eigenvalue weighted by Gasteiger charge is -2.26. The molecule has 0 aliphatic heterocycles. The normalized spacial score (nSPS) is 13.8. The molecule has 8 aromatic carbocycles. The average molecular weight is 759 g/mol. The van der Waals surface area contributed by atoms with Gasteiger partial charge in [0, 0.05) is 33.5 Å². The Kier molecular flexibility index (Phi) is 9.39. The highest BCUT2D eigenvalue weighted by molar-refractivity contribution is 6.09. The molecule has 1 aromatic heterocycles. The Balaban J connectivity index is 0.989. The molecule has 1 unspecified atom stereocenters. The summed E-state index contributed by atoms with van der Waals surface area (Å²) in [4.78, 5) is 2.36. The number of rotatable bonds is 8. The molecule has 0 fully saturated rings. The molecule has 1 aliphatic carbocycles. The van der Waals surface area contributed by atoms with Gasteiger partial charge in [-0.2, -0.15) is 0 Å². The number of allylic oxidation sites excluding steroid dienone is 4. The molecule has 0 N–H and O–H groups in total. The minimum atomic E-state index is 0.540. The number of fused-ring (bicyclic) bond motifs is 3. The SMILES string of the molecule is Cc1ccc2c(c1)c1cc(C)ccc1n2-c1ccc(-c2ccc(N(c3ccc(-c4ccccc4)cc3)c3ccc(-c4ccccc4C4=CC=CC(C)C4)cc3)cc2)cc1. The van der Waals surface area contributed by atoms with Crippen LogP contribution in [0.2, 0.25) is 0 Å². The second-order valence-corrected chi connectivity index (χ2v) is 16.1. The van der Waals surface area contributed by atoms with Crippen molar-refractivity contribution >= 4 is 44.4 Å². The quantitative estimate of drug-likeness (QED) is 0.150. The van der Waals surface area contributed by atoms with Crippen molar-refractivity contribution in [2.45, 2.75) is 27.2 Å². The lowest BCUT2D eigenvalue weighted by molar-refractivity contribution is 0.749. The number of aryl methyl sites for hydroxylation is 2. The first-order valence-electron chi connectivity index (χ1n) is 20.7. The highest BCUT2D eigenvalue weighted by Gasteiger charge is 2.17. The third-order valence-electron chi connectivity index (χ3n) is 11.9. The van der Waals surface area contributed by atoms with Crippen LogP contribution in [0.15, 0.2) is 206 Å². The Morgan fingerprint density at radius 2 is 0.915 bits per heavy atom. The summed E-state index contributed by atoms with van der Waals surface area (Å²) in [7, 11) is 0.